The maximum absolute atomic E-state index is 13.2. The number of likely N-dealkylation sites (N-methyl/N-ethyl adjacent to an activating group) is 1. The van der Waals surface area contributed by atoms with Crippen LogP contribution in [0.2, 0.25) is 0 Å². The third-order valence-electron chi connectivity index (χ3n) is 5.37. The molecule has 27 heavy (non-hydrogen) atoms. The lowest BCUT2D eigenvalue weighted by Crippen LogP contribution is -2.36. The zero-order valence-electron chi connectivity index (χ0n) is 15.2. The smallest absolute Gasteiger partial charge is 0.335 e. The molecule has 1 aliphatic heterocycles. The van der Waals surface area contributed by atoms with E-state index < -0.39 is 5.97 Å². The van der Waals surface area contributed by atoms with E-state index in [-0.39, 0.29) is 11.3 Å². The molecule has 0 saturated carbocycles. The van der Waals surface area contributed by atoms with Crippen molar-refractivity contribution in [3.8, 4) is 0 Å². The van der Waals surface area contributed by atoms with E-state index >= 15 is 0 Å². The number of imidazole rings is 1. The van der Waals surface area contributed by atoms with Crippen LogP contribution >= 0.6 is 11.3 Å². The van der Waals surface area contributed by atoms with Gasteiger partial charge in [0, 0.05) is 18.0 Å². The zero-order chi connectivity index (χ0) is 19.0. The molecule has 1 fully saturated rings. The van der Waals surface area contributed by atoms with Gasteiger partial charge in [0.1, 0.15) is 0 Å². The second kappa shape index (κ2) is 7.28. The summed E-state index contributed by atoms with van der Waals surface area (Å²) in [6, 6.07) is 5.25. The Kier molecular flexibility index (Phi) is 4.84. The first-order valence-electron chi connectivity index (χ1n) is 9.16. The molecule has 0 spiro atoms. The van der Waals surface area contributed by atoms with E-state index in [0.29, 0.717) is 24.6 Å². The molecule has 0 bridgehead atoms. The molecule has 1 aromatic carbocycles. The lowest BCUT2D eigenvalue weighted by molar-refractivity contribution is 0.0697. The number of hydrogen-bond donors (Lipinski definition) is 1. The minimum atomic E-state index is -0.995. The van der Waals surface area contributed by atoms with Crippen molar-refractivity contribution >= 4 is 28.3 Å². The van der Waals surface area contributed by atoms with Crippen molar-refractivity contribution in [2.45, 2.75) is 38.9 Å². The highest BCUT2D eigenvalue weighted by Crippen LogP contribution is 2.22. The van der Waals surface area contributed by atoms with Gasteiger partial charge in [-0.05, 0) is 44.1 Å². The average Bonchev–Trinajstić information content (AvgIpc) is 3.38. The van der Waals surface area contributed by atoms with E-state index in [0.717, 1.165) is 37.1 Å². The van der Waals surface area contributed by atoms with Gasteiger partial charge in [-0.1, -0.05) is 6.92 Å². The molecule has 0 amide bonds. The summed E-state index contributed by atoms with van der Waals surface area (Å²) in [5.41, 5.74) is 4.04. The highest BCUT2D eigenvalue weighted by atomic mass is 32.1. The standard InChI is InChI=1S/C19H22N4O3S/c1-2-21-7-3-4-15(21)10-23-16-6-5-13(18(24)25)8-17(16)22(19(23)26)9-14-11-27-12-20-14/h5-6,8,11-12,15H,2-4,7,9-10H2,1H3,(H,24,25)/t15-/m1/s1. The Labute approximate surface area is 160 Å². The summed E-state index contributed by atoms with van der Waals surface area (Å²) in [5.74, 6) is -0.995. The molecule has 4 rings (SSSR count). The summed E-state index contributed by atoms with van der Waals surface area (Å²) >= 11 is 1.48. The molecule has 8 heteroatoms. The molecule has 0 radical (unpaired) electrons. The van der Waals surface area contributed by atoms with Crippen LogP contribution in [0.5, 0.6) is 0 Å². The molecule has 3 aromatic rings. The third kappa shape index (κ3) is 3.30. The molecule has 7 nitrogen and oxygen atoms in total. The van der Waals surface area contributed by atoms with Crippen LogP contribution in [0.15, 0.2) is 33.9 Å². The number of benzene rings is 1. The van der Waals surface area contributed by atoms with Gasteiger partial charge >= 0.3 is 11.7 Å². The third-order valence-corrected chi connectivity index (χ3v) is 6.00. The van der Waals surface area contributed by atoms with Gasteiger partial charge < -0.3 is 5.11 Å². The Hall–Kier alpha value is -2.45. The summed E-state index contributed by atoms with van der Waals surface area (Å²) in [7, 11) is 0. The largest absolute Gasteiger partial charge is 0.478 e. The number of aromatic carboxylic acids is 1. The number of carboxylic acid groups (broad SMARTS) is 1. The van der Waals surface area contributed by atoms with Gasteiger partial charge in [-0.25, -0.2) is 14.6 Å². The highest BCUT2D eigenvalue weighted by Gasteiger charge is 2.26. The molecule has 0 aliphatic carbocycles. The first kappa shape index (κ1) is 17.9. The molecule has 2 aromatic heterocycles. The lowest BCUT2D eigenvalue weighted by atomic mass is 10.2. The number of rotatable bonds is 6. The number of thiazole rings is 1. The average molecular weight is 386 g/mol. The van der Waals surface area contributed by atoms with Crippen LogP contribution < -0.4 is 5.69 Å². The van der Waals surface area contributed by atoms with Gasteiger partial charge in [0.15, 0.2) is 0 Å². The topological polar surface area (TPSA) is 80.4 Å². The summed E-state index contributed by atoms with van der Waals surface area (Å²) in [4.78, 5) is 31.3. The van der Waals surface area contributed by atoms with Crippen molar-refractivity contribution in [1.82, 2.24) is 19.0 Å². The van der Waals surface area contributed by atoms with E-state index in [1.165, 1.54) is 11.3 Å². The Balaban J connectivity index is 1.82. The van der Waals surface area contributed by atoms with Crippen molar-refractivity contribution in [3.63, 3.8) is 0 Å². The van der Waals surface area contributed by atoms with Crippen molar-refractivity contribution in [2.75, 3.05) is 13.1 Å². The normalized spacial score (nSPS) is 17.7. The first-order valence-corrected chi connectivity index (χ1v) is 10.1. The van der Waals surface area contributed by atoms with Gasteiger partial charge in [0.2, 0.25) is 0 Å². The molecule has 1 atom stereocenters. The summed E-state index contributed by atoms with van der Waals surface area (Å²) < 4.78 is 3.44. The number of aromatic nitrogens is 3. The molecular weight excluding hydrogens is 364 g/mol. The Bertz CT molecular complexity index is 1020. The molecule has 3 heterocycles. The van der Waals surface area contributed by atoms with Crippen molar-refractivity contribution in [1.29, 1.82) is 0 Å². The number of fused-ring (bicyclic) bond motifs is 1. The van der Waals surface area contributed by atoms with E-state index in [1.54, 1.807) is 32.8 Å². The van der Waals surface area contributed by atoms with Gasteiger partial charge in [-0.2, -0.15) is 0 Å². The van der Waals surface area contributed by atoms with Crippen molar-refractivity contribution in [3.05, 3.63) is 50.8 Å². The van der Waals surface area contributed by atoms with Gasteiger partial charge in [0.25, 0.3) is 0 Å². The van der Waals surface area contributed by atoms with Crippen LogP contribution in [0, 0.1) is 0 Å². The Morgan fingerprint density at radius 1 is 1.33 bits per heavy atom. The van der Waals surface area contributed by atoms with Crippen molar-refractivity contribution in [2.24, 2.45) is 0 Å². The van der Waals surface area contributed by atoms with Crippen LogP contribution in [0.3, 0.4) is 0 Å². The maximum Gasteiger partial charge on any atom is 0.335 e. The Morgan fingerprint density at radius 3 is 2.89 bits per heavy atom. The van der Waals surface area contributed by atoms with Crippen LogP contribution in [-0.4, -0.2) is 49.2 Å². The summed E-state index contributed by atoms with van der Waals surface area (Å²) in [6.07, 6.45) is 2.22. The van der Waals surface area contributed by atoms with E-state index in [4.69, 9.17) is 0 Å². The molecule has 1 N–H and O–H groups in total. The SMILES string of the molecule is CCN1CCC[C@@H]1Cn1c(=O)n(Cc2cscn2)c2cc(C(=O)O)ccc21. The lowest BCUT2D eigenvalue weighted by Gasteiger charge is -2.22. The maximum atomic E-state index is 13.2. The predicted octanol–water partition coefficient (Wildman–Crippen LogP) is 2.49. The van der Waals surface area contributed by atoms with Crippen LogP contribution in [0.1, 0.15) is 35.8 Å². The number of carbonyl (C=O) groups is 1. The summed E-state index contributed by atoms with van der Waals surface area (Å²) in [5, 5.41) is 11.3. The number of carboxylic acids is 1. The van der Waals surface area contributed by atoms with Gasteiger partial charge in [-0.3, -0.25) is 14.0 Å². The molecule has 142 valence electrons. The van der Waals surface area contributed by atoms with E-state index in [1.807, 2.05) is 5.38 Å². The number of nitrogens with zero attached hydrogens (tertiary/aromatic N) is 4. The molecule has 1 aliphatic rings. The fourth-order valence-corrected chi connectivity index (χ4v) is 4.54. The number of likely N-dealkylation sites (tertiary alicyclic amines) is 1. The first-order chi connectivity index (χ1) is 13.1. The van der Waals surface area contributed by atoms with Crippen molar-refractivity contribution < 1.29 is 9.90 Å². The van der Waals surface area contributed by atoms with E-state index in [9.17, 15) is 14.7 Å². The quantitative estimate of drug-likeness (QED) is 0.704. The Morgan fingerprint density at radius 2 is 2.19 bits per heavy atom. The highest BCUT2D eigenvalue weighted by molar-refractivity contribution is 7.07. The van der Waals surface area contributed by atoms with Gasteiger partial charge in [-0.15, -0.1) is 11.3 Å². The van der Waals surface area contributed by atoms with Crippen LogP contribution in [0.25, 0.3) is 11.0 Å². The monoisotopic (exact) mass is 386 g/mol. The zero-order valence-corrected chi connectivity index (χ0v) is 16.0. The molecule has 0 unspecified atom stereocenters. The fraction of sp³-hybridized carbons (Fsp3) is 0.421. The van der Waals surface area contributed by atoms with Crippen LogP contribution in [-0.2, 0) is 13.1 Å². The minimum absolute atomic E-state index is 0.108. The predicted molar refractivity (Wildman–Crippen MR) is 105 cm³/mol. The van der Waals surface area contributed by atoms with Crippen LogP contribution in [0.4, 0.5) is 0 Å². The second-order valence-corrected chi connectivity index (χ2v) is 7.61. The van der Waals surface area contributed by atoms with E-state index in [2.05, 4.69) is 16.8 Å². The molecule has 1 saturated heterocycles. The van der Waals surface area contributed by atoms with Gasteiger partial charge in [0.05, 0.1) is 34.3 Å². The summed E-state index contributed by atoms with van der Waals surface area (Å²) in [6.45, 7) is 5.15. The molecular formula is C19H22N4O3S. The second-order valence-electron chi connectivity index (χ2n) is 6.89. The number of hydrogen-bond acceptors (Lipinski definition) is 5. The fourth-order valence-electron chi connectivity index (χ4n) is 3.99. The minimum Gasteiger partial charge on any atom is -0.478 e.